The third-order valence-electron chi connectivity index (χ3n) is 10.1. The predicted molar refractivity (Wildman–Crippen MR) is 201 cm³/mol. The van der Waals surface area contributed by atoms with E-state index in [0.717, 1.165) is 71.8 Å². The molecule has 5 rings (SSSR count). The third-order valence-corrected chi connectivity index (χ3v) is 10.6. The van der Waals surface area contributed by atoms with Crippen molar-refractivity contribution in [3.8, 4) is 11.3 Å². The van der Waals surface area contributed by atoms with Gasteiger partial charge in [-0.1, -0.05) is 69.8 Å². The van der Waals surface area contributed by atoms with Gasteiger partial charge in [-0.3, -0.25) is 9.88 Å². The summed E-state index contributed by atoms with van der Waals surface area (Å²) >= 11 is 3.71. The molecule has 3 aromatic rings. The van der Waals surface area contributed by atoms with Crippen molar-refractivity contribution in [3.63, 3.8) is 0 Å². The minimum absolute atomic E-state index is 0.104. The topological polar surface area (TPSA) is 63.0 Å². The monoisotopic (exact) mass is 712 g/mol. The van der Waals surface area contributed by atoms with Crippen molar-refractivity contribution >= 4 is 32.5 Å². The molecule has 1 aliphatic carbocycles. The zero-order valence-electron chi connectivity index (χ0n) is 30.5. The Morgan fingerprint density at radius 2 is 1.72 bits per heavy atom. The summed E-state index contributed by atoms with van der Waals surface area (Å²) in [6, 6.07) is 8.79. The van der Waals surface area contributed by atoms with Gasteiger partial charge in [-0.15, -0.1) is 0 Å². The van der Waals surface area contributed by atoms with Gasteiger partial charge >= 0.3 is 0 Å². The van der Waals surface area contributed by atoms with Crippen molar-refractivity contribution in [1.29, 1.82) is 0 Å². The van der Waals surface area contributed by atoms with Crippen LogP contribution in [0.1, 0.15) is 97.4 Å². The molecule has 1 atom stereocenters. The van der Waals surface area contributed by atoms with Crippen molar-refractivity contribution in [2.45, 2.75) is 99.1 Å². The molecule has 2 aromatic heterocycles. The van der Waals surface area contributed by atoms with E-state index >= 15 is 0 Å². The largest absolute Gasteiger partial charge is 0.396 e. The van der Waals surface area contributed by atoms with Crippen LogP contribution in [0.2, 0.25) is 0 Å². The molecule has 1 saturated carbocycles. The van der Waals surface area contributed by atoms with Crippen LogP contribution >= 0.6 is 15.9 Å². The molecule has 7 nitrogen and oxygen atoms in total. The maximum atomic E-state index is 10.3. The van der Waals surface area contributed by atoms with E-state index in [1.54, 1.807) is 14.2 Å². The van der Waals surface area contributed by atoms with Crippen molar-refractivity contribution in [2.24, 2.45) is 10.8 Å². The minimum Gasteiger partial charge on any atom is -0.396 e. The number of hydrogen-bond donors (Lipinski definition) is 1. The first-order chi connectivity index (χ1) is 22.4. The molecule has 3 heterocycles. The molecule has 262 valence electrons. The predicted octanol–water partition coefficient (Wildman–Crippen LogP) is 8.89. The van der Waals surface area contributed by atoms with Crippen molar-refractivity contribution in [3.05, 3.63) is 46.2 Å². The van der Waals surface area contributed by atoms with E-state index in [2.05, 4.69) is 96.1 Å². The number of fused-ring (bicyclic) bond motifs is 1. The van der Waals surface area contributed by atoms with Crippen molar-refractivity contribution < 1.29 is 14.6 Å². The molecule has 2 aliphatic rings. The third kappa shape index (κ3) is 9.81. The summed E-state index contributed by atoms with van der Waals surface area (Å²) in [6.07, 6.45) is 11.1. The lowest BCUT2D eigenvalue weighted by atomic mass is 9.78. The number of methoxy groups -OCH3 is 2. The SMILES string of the molecule is CC1(C)CCCCC1.CCCN1CCN(c2cnc(C(C)OC)c(-c3c(CC(C)(C)CO)c4cc(Br)ccc4n3CCOC)c2)CC1. The molecular weight excluding hydrogens is 652 g/mol. The zero-order valence-corrected chi connectivity index (χ0v) is 32.1. The maximum Gasteiger partial charge on any atom is 0.0969 e. The van der Waals surface area contributed by atoms with Crippen LogP contribution in [0.4, 0.5) is 5.69 Å². The second-order valence-corrected chi connectivity index (χ2v) is 16.1. The highest BCUT2D eigenvalue weighted by molar-refractivity contribution is 9.10. The van der Waals surface area contributed by atoms with Crippen LogP contribution in [-0.4, -0.2) is 79.7 Å². The highest BCUT2D eigenvalue weighted by Gasteiger charge is 2.29. The van der Waals surface area contributed by atoms with Gasteiger partial charge in [-0.05, 0) is 79.8 Å². The zero-order chi connectivity index (χ0) is 34.2. The van der Waals surface area contributed by atoms with Gasteiger partial charge in [0.1, 0.15) is 0 Å². The molecule has 1 N–H and O–H groups in total. The fourth-order valence-electron chi connectivity index (χ4n) is 7.15. The van der Waals surface area contributed by atoms with E-state index in [9.17, 15) is 5.11 Å². The summed E-state index contributed by atoms with van der Waals surface area (Å²) in [5.41, 5.74) is 7.06. The van der Waals surface area contributed by atoms with E-state index in [1.807, 2.05) is 6.20 Å². The normalized spacial score (nSPS) is 17.9. The van der Waals surface area contributed by atoms with Gasteiger partial charge in [0.25, 0.3) is 0 Å². The van der Waals surface area contributed by atoms with Gasteiger partial charge in [-0.25, -0.2) is 0 Å². The molecule has 0 radical (unpaired) electrons. The lowest BCUT2D eigenvalue weighted by Crippen LogP contribution is -2.46. The van der Waals surface area contributed by atoms with Crippen LogP contribution in [0.5, 0.6) is 0 Å². The first-order valence-electron chi connectivity index (χ1n) is 17.8. The first-order valence-corrected chi connectivity index (χ1v) is 18.6. The van der Waals surface area contributed by atoms with Crippen LogP contribution in [0.25, 0.3) is 22.2 Å². The number of halogens is 1. The van der Waals surface area contributed by atoms with Gasteiger partial charge in [0.05, 0.1) is 36.0 Å². The number of aromatic nitrogens is 2. The van der Waals surface area contributed by atoms with Crippen molar-refractivity contribution in [1.82, 2.24) is 14.5 Å². The molecule has 1 unspecified atom stereocenters. The number of rotatable bonds is 12. The quantitative estimate of drug-likeness (QED) is 0.202. The van der Waals surface area contributed by atoms with Crippen LogP contribution in [0.3, 0.4) is 0 Å². The Bertz CT molecular complexity index is 1420. The van der Waals surface area contributed by atoms with Gasteiger partial charge < -0.3 is 24.0 Å². The minimum atomic E-state index is -0.287. The highest BCUT2D eigenvalue weighted by Crippen LogP contribution is 2.42. The molecule has 1 saturated heterocycles. The van der Waals surface area contributed by atoms with E-state index in [1.165, 1.54) is 49.5 Å². The molecule has 2 fully saturated rings. The number of piperazine rings is 1. The Kier molecular flexibility index (Phi) is 13.8. The molecule has 0 amide bonds. The standard InChI is InChI=1S/C31H45BrN4O3.C8H16/c1-7-10-34-11-13-35(14-12-34)24-18-26(29(33-20-24)22(2)39-6)30-27(19-31(3,4)21-37)25-17-23(32)8-9-28(25)36(30)15-16-38-5;1-8(2)6-4-3-5-7-8/h8-9,17-18,20,22,37H,7,10-16,19,21H2,1-6H3;3-7H2,1-2H3. The number of pyridine rings is 1. The highest BCUT2D eigenvalue weighted by atomic mass is 79.9. The fraction of sp³-hybridized carbons (Fsp3) is 0.667. The Labute approximate surface area is 293 Å². The Morgan fingerprint density at radius 1 is 1.02 bits per heavy atom. The summed E-state index contributed by atoms with van der Waals surface area (Å²) in [6.45, 7) is 20.0. The molecule has 0 bridgehead atoms. The van der Waals surface area contributed by atoms with E-state index < -0.39 is 0 Å². The number of hydrogen-bond acceptors (Lipinski definition) is 6. The molecule has 0 spiro atoms. The fourth-order valence-corrected chi connectivity index (χ4v) is 7.51. The maximum absolute atomic E-state index is 10.3. The Hall–Kier alpha value is -1.97. The van der Waals surface area contributed by atoms with Crippen LogP contribution < -0.4 is 4.90 Å². The van der Waals surface area contributed by atoms with Crippen LogP contribution in [0.15, 0.2) is 34.9 Å². The number of anilines is 1. The lowest BCUT2D eigenvalue weighted by Gasteiger charge is -2.36. The van der Waals surface area contributed by atoms with E-state index in [-0.39, 0.29) is 18.1 Å². The number of aliphatic hydroxyl groups is 1. The van der Waals surface area contributed by atoms with E-state index in [0.29, 0.717) is 18.6 Å². The van der Waals surface area contributed by atoms with Gasteiger partial charge in [0.2, 0.25) is 0 Å². The number of benzene rings is 1. The van der Waals surface area contributed by atoms with E-state index in [4.69, 9.17) is 14.5 Å². The Balaban J connectivity index is 0.000000546. The first kappa shape index (κ1) is 37.8. The molecule has 1 aliphatic heterocycles. The summed E-state index contributed by atoms with van der Waals surface area (Å²) in [5, 5.41) is 11.5. The number of aliphatic hydroxyl groups excluding tert-OH is 1. The van der Waals surface area contributed by atoms with Crippen molar-refractivity contribution in [2.75, 3.05) is 65.1 Å². The summed E-state index contributed by atoms with van der Waals surface area (Å²) in [5.74, 6) is 0. The summed E-state index contributed by atoms with van der Waals surface area (Å²) in [4.78, 5) is 10.0. The lowest BCUT2D eigenvalue weighted by molar-refractivity contribution is 0.116. The molecule has 47 heavy (non-hydrogen) atoms. The second-order valence-electron chi connectivity index (χ2n) is 15.2. The number of nitrogens with zero attached hydrogens (tertiary/aromatic N) is 4. The molecule has 1 aromatic carbocycles. The average molecular weight is 714 g/mol. The average Bonchev–Trinajstić information content (AvgIpc) is 3.34. The molecule has 8 heteroatoms. The second kappa shape index (κ2) is 17.1. The van der Waals surface area contributed by atoms with Gasteiger partial charge in [-0.2, -0.15) is 0 Å². The molecular formula is C39H61BrN4O3. The summed E-state index contributed by atoms with van der Waals surface area (Å²) < 4.78 is 14.8. The van der Waals surface area contributed by atoms with Crippen LogP contribution in [0, 0.1) is 10.8 Å². The van der Waals surface area contributed by atoms with Crippen LogP contribution in [-0.2, 0) is 22.4 Å². The smallest absolute Gasteiger partial charge is 0.0969 e. The Morgan fingerprint density at radius 3 is 2.30 bits per heavy atom. The van der Waals surface area contributed by atoms with Gasteiger partial charge in [0, 0.05) is 74.5 Å². The number of ether oxygens (including phenoxy) is 2. The summed E-state index contributed by atoms with van der Waals surface area (Å²) in [7, 11) is 3.49. The van der Waals surface area contributed by atoms with Gasteiger partial charge in [0.15, 0.2) is 0 Å².